The zero-order chi connectivity index (χ0) is 11.3. The van der Waals surface area contributed by atoms with E-state index in [0.29, 0.717) is 26.3 Å². The first-order valence-corrected chi connectivity index (χ1v) is 5.23. The maximum atomic E-state index is 11.4. The third-order valence-corrected chi connectivity index (χ3v) is 2.42. The van der Waals surface area contributed by atoms with E-state index in [1.807, 2.05) is 6.92 Å². The molecule has 1 heterocycles. The molecule has 0 aromatic carbocycles. The number of carboxylic acid groups (broad SMARTS) is 1. The van der Waals surface area contributed by atoms with Gasteiger partial charge in [0.25, 0.3) is 0 Å². The van der Waals surface area contributed by atoms with Crippen LogP contribution in [0.1, 0.15) is 19.8 Å². The molecule has 1 aliphatic heterocycles. The van der Waals surface area contributed by atoms with Crippen LogP contribution >= 0.6 is 0 Å². The van der Waals surface area contributed by atoms with Gasteiger partial charge in [-0.1, -0.05) is 6.92 Å². The summed E-state index contributed by atoms with van der Waals surface area (Å²) in [6.45, 7) is 4.02. The largest absolute Gasteiger partial charge is 0.481 e. The lowest BCUT2D eigenvalue weighted by Crippen LogP contribution is -2.29. The first kappa shape index (κ1) is 12.0. The predicted molar refractivity (Wildman–Crippen MR) is 53.4 cm³/mol. The van der Waals surface area contributed by atoms with Crippen molar-refractivity contribution in [3.63, 3.8) is 0 Å². The second-order valence-electron chi connectivity index (χ2n) is 3.69. The molecule has 0 spiro atoms. The molecule has 0 radical (unpaired) electrons. The molecule has 1 fully saturated rings. The Kier molecular flexibility index (Phi) is 4.55. The van der Waals surface area contributed by atoms with Crippen LogP contribution in [-0.4, -0.2) is 48.2 Å². The number of carbonyl (C=O) groups is 2. The summed E-state index contributed by atoms with van der Waals surface area (Å²) in [5.74, 6) is -1.51. The van der Waals surface area contributed by atoms with E-state index in [1.54, 1.807) is 4.90 Å². The summed E-state index contributed by atoms with van der Waals surface area (Å²) in [6.07, 6.45) is 1.08. The average molecular weight is 215 g/mol. The van der Waals surface area contributed by atoms with E-state index in [-0.39, 0.29) is 12.3 Å². The first-order valence-electron chi connectivity index (χ1n) is 5.23. The summed E-state index contributed by atoms with van der Waals surface area (Å²) >= 11 is 0. The van der Waals surface area contributed by atoms with E-state index < -0.39 is 11.9 Å². The zero-order valence-corrected chi connectivity index (χ0v) is 8.94. The SMILES string of the molecule is CCCOCCN1C[C@H](C(=O)O)CC1=O. The van der Waals surface area contributed by atoms with Crippen molar-refractivity contribution in [3.8, 4) is 0 Å². The van der Waals surface area contributed by atoms with Gasteiger partial charge < -0.3 is 14.7 Å². The summed E-state index contributed by atoms with van der Waals surface area (Å²) in [5.41, 5.74) is 0. The summed E-state index contributed by atoms with van der Waals surface area (Å²) < 4.78 is 5.25. The Balaban J connectivity index is 2.25. The maximum Gasteiger partial charge on any atom is 0.308 e. The van der Waals surface area contributed by atoms with Crippen LogP contribution in [0.5, 0.6) is 0 Å². The van der Waals surface area contributed by atoms with E-state index in [4.69, 9.17) is 9.84 Å². The smallest absolute Gasteiger partial charge is 0.308 e. The highest BCUT2D eigenvalue weighted by atomic mass is 16.5. The van der Waals surface area contributed by atoms with Crippen molar-refractivity contribution in [2.24, 2.45) is 5.92 Å². The fraction of sp³-hybridized carbons (Fsp3) is 0.800. The van der Waals surface area contributed by atoms with Gasteiger partial charge >= 0.3 is 5.97 Å². The fourth-order valence-corrected chi connectivity index (χ4v) is 1.57. The molecule has 0 saturated carbocycles. The number of aliphatic carboxylic acids is 1. The summed E-state index contributed by atoms with van der Waals surface area (Å²) in [6, 6.07) is 0. The van der Waals surface area contributed by atoms with E-state index in [0.717, 1.165) is 6.42 Å². The van der Waals surface area contributed by atoms with Crippen molar-refractivity contribution in [3.05, 3.63) is 0 Å². The number of rotatable bonds is 6. The van der Waals surface area contributed by atoms with Crippen molar-refractivity contribution in [2.75, 3.05) is 26.3 Å². The van der Waals surface area contributed by atoms with Crippen LogP contribution in [0.3, 0.4) is 0 Å². The lowest BCUT2D eigenvalue weighted by atomic mass is 10.1. The highest BCUT2D eigenvalue weighted by molar-refractivity contribution is 5.86. The molecule has 1 aliphatic rings. The minimum atomic E-state index is -0.889. The molecule has 0 unspecified atom stereocenters. The normalized spacial score (nSPS) is 21.0. The van der Waals surface area contributed by atoms with Crippen molar-refractivity contribution >= 4 is 11.9 Å². The second-order valence-corrected chi connectivity index (χ2v) is 3.69. The van der Waals surface area contributed by atoms with E-state index in [1.165, 1.54) is 0 Å². The number of amides is 1. The standard InChI is InChI=1S/C10H17NO4/c1-2-4-15-5-3-11-7-8(10(13)14)6-9(11)12/h8H,2-7H2,1H3,(H,13,14)/t8-/m1/s1. The third-order valence-electron chi connectivity index (χ3n) is 2.42. The Morgan fingerprint density at radius 1 is 1.60 bits per heavy atom. The van der Waals surface area contributed by atoms with Crippen LogP contribution in [0.2, 0.25) is 0 Å². The van der Waals surface area contributed by atoms with Gasteiger partial charge in [-0.2, -0.15) is 0 Å². The highest BCUT2D eigenvalue weighted by Gasteiger charge is 2.33. The molecule has 0 aromatic rings. The molecule has 5 nitrogen and oxygen atoms in total. The Labute approximate surface area is 89.0 Å². The molecular weight excluding hydrogens is 198 g/mol. The first-order chi connectivity index (χ1) is 7.15. The van der Waals surface area contributed by atoms with Gasteiger partial charge in [-0.05, 0) is 6.42 Å². The minimum absolute atomic E-state index is 0.0810. The van der Waals surface area contributed by atoms with Gasteiger partial charge in [-0.3, -0.25) is 9.59 Å². The number of carbonyl (C=O) groups excluding carboxylic acids is 1. The van der Waals surface area contributed by atoms with E-state index >= 15 is 0 Å². The molecule has 1 amide bonds. The van der Waals surface area contributed by atoms with Crippen LogP contribution in [-0.2, 0) is 14.3 Å². The molecule has 15 heavy (non-hydrogen) atoms. The van der Waals surface area contributed by atoms with Gasteiger partial charge in [0.2, 0.25) is 5.91 Å². The number of hydrogen-bond acceptors (Lipinski definition) is 3. The molecule has 1 N–H and O–H groups in total. The van der Waals surface area contributed by atoms with E-state index in [9.17, 15) is 9.59 Å². The van der Waals surface area contributed by atoms with Crippen molar-refractivity contribution in [1.29, 1.82) is 0 Å². The van der Waals surface area contributed by atoms with Gasteiger partial charge in [0.15, 0.2) is 0 Å². The lowest BCUT2D eigenvalue weighted by molar-refractivity contribution is -0.141. The van der Waals surface area contributed by atoms with Gasteiger partial charge in [0.1, 0.15) is 0 Å². The molecular formula is C10H17NO4. The summed E-state index contributed by atoms with van der Waals surface area (Å²) in [4.78, 5) is 23.6. The third kappa shape index (κ3) is 3.51. The number of likely N-dealkylation sites (tertiary alicyclic amines) is 1. The molecule has 1 atom stereocenters. The Morgan fingerprint density at radius 3 is 2.87 bits per heavy atom. The molecule has 5 heteroatoms. The summed E-state index contributed by atoms with van der Waals surface area (Å²) in [5, 5.41) is 8.75. The minimum Gasteiger partial charge on any atom is -0.481 e. The lowest BCUT2D eigenvalue weighted by Gasteiger charge is -2.15. The van der Waals surface area contributed by atoms with Crippen LogP contribution in [0.15, 0.2) is 0 Å². The monoisotopic (exact) mass is 215 g/mol. The van der Waals surface area contributed by atoms with Crippen LogP contribution in [0.25, 0.3) is 0 Å². The van der Waals surface area contributed by atoms with Crippen molar-refractivity contribution in [2.45, 2.75) is 19.8 Å². The Hall–Kier alpha value is -1.10. The number of hydrogen-bond donors (Lipinski definition) is 1. The Morgan fingerprint density at radius 2 is 2.33 bits per heavy atom. The maximum absolute atomic E-state index is 11.4. The molecule has 0 bridgehead atoms. The van der Waals surface area contributed by atoms with Gasteiger partial charge in [0.05, 0.1) is 12.5 Å². The zero-order valence-electron chi connectivity index (χ0n) is 8.94. The topological polar surface area (TPSA) is 66.8 Å². The number of nitrogens with zero attached hydrogens (tertiary/aromatic N) is 1. The van der Waals surface area contributed by atoms with Gasteiger partial charge in [0, 0.05) is 26.1 Å². The van der Waals surface area contributed by atoms with E-state index in [2.05, 4.69) is 0 Å². The molecule has 1 rings (SSSR count). The van der Waals surface area contributed by atoms with Gasteiger partial charge in [-0.25, -0.2) is 0 Å². The van der Waals surface area contributed by atoms with Crippen molar-refractivity contribution in [1.82, 2.24) is 4.90 Å². The number of carboxylic acids is 1. The average Bonchev–Trinajstić information content (AvgIpc) is 2.55. The predicted octanol–water partition coefficient (Wildman–Crippen LogP) is 0.346. The molecule has 86 valence electrons. The molecule has 0 aliphatic carbocycles. The number of ether oxygens (including phenoxy) is 1. The quantitative estimate of drug-likeness (QED) is 0.649. The second kappa shape index (κ2) is 5.70. The fourth-order valence-electron chi connectivity index (χ4n) is 1.57. The van der Waals surface area contributed by atoms with Crippen molar-refractivity contribution < 1.29 is 19.4 Å². The Bertz CT molecular complexity index is 242. The molecule has 0 aromatic heterocycles. The summed E-state index contributed by atoms with van der Waals surface area (Å²) in [7, 11) is 0. The van der Waals surface area contributed by atoms with Crippen LogP contribution in [0, 0.1) is 5.92 Å². The van der Waals surface area contributed by atoms with Gasteiger partial charge in [-0.15, -0.1) is 0 Å². The highest BCUT2D eigenvalue weighted by Crippen LogP contribution is 2.17. The van der Waals surface area contributed by atoms with Crippen LogP contribution in [0.4, 0.5) is 0 Å². The molecule has 1 saturated heterocycles. The van der Waals surface area contributed by atoms with Crippen LogP contribution < -0.4 is 0 Å².